The number of nitrogens with zero attached hydrogens (tertiary/aromatic N) is 2. The predicted octanol–water partition coefficient (Wildman–Crippen LogP) is 1.67. The van der Waals surface area contributed by atoms with Crippen molar-refractivity contribution in [2.45, 2.75) is 31.7 Å². The molecule has 1 heterocycles. The number of amides is 1. The Bertz CT molecular complexity index is 530. The summed E-state index contributed by atoms with van der Waals surface area (Å²) in [6.45, 7) is 0.0261. The lowest BCUT2D eigenvalue weighted by Gasteiger charge is -2.29. The number of nitrogens with two attached hydrogens (primary N) is 1. The van der Waals surface area contributed by atoms with Crippen molar-refractivity contribution in [3.63, 3.8) is 0 Å². The molecular formula is C13H16ClN3O3. The molecule has 0 bridgehead atoms. The third kappa shape index (κ3) is 3.19. The van der Waals surface area contributed by atoms with E-state index in [0.717, 1.165) is 25.7 Å². The number of hydrogen-bond acceptors (Lipinski definition) is 4. The van der Waals surface area contributed by atoms with Crippen LogP contribution in [-0.2, 0) is 4.79 Å². The van der Waals surface area contributed by atoms with E-state index in [1.165, 1.54) is 6.07 Å². The molecule has 20 heavy (non-hydrogen) atoms. The highest BCUT2D eigenvalue weighted by Crippen LogP contribution is 2.28. The lowest BCUT2D eigenvalue weighted by Crippen LogP contribution is -2.40. The fourth-order valence-electron chi connectivity index (χ4n) is 2.52. The molecule has 1 amide bonds. The van der Waals surface area contributed by atoms with E-state index in [-0.39, 0.29) is 23.3 Å². The van der Waals surface area contributed by atoms with E-state index in [9.17, 15) is 9.59 Å². The topological polar surface area (TPSA) is 96.5 Å². The number of primary amides is 1. The second-order valence-corrected chi connectivity index (χ2v) is 5.24. The number of pyridine rings is 1. The summed E-state index contributed by atoms with van der Waals surface area (Å²) in [5.41, 5.74) is 5.06. The van der Waals surface area contributed by atoms with Gasteiger partial charge in [0.25, 0.3) is 0 Å². The van der Waals surface area contributed by atoms with Crippen molar-refractivity contribution in [3.8, 4) is 0 Å². The highest BCUT2D eigenvalue weighted by Gasteiger charge is 2.26. The van der Waals surface area contributed by atoms with Crippen LogP contribution in [0, 0.1) is 0 Å². The minimum Gasteiger partial charge on any atom is -0.476 e. The quantitative estimate of drug-likeness (QED) is 0.861. The summed E-state index contributed by atoms with van der Waals surface area (Å²) in [5, 5.41) is 9.14. The van der Waals surface area contributed by atoms with Crippen molar-refractivity contribution in [2.75, 3.05) is 11.4 Å². The van der Waals surface area contributed by atoms with Gasteiger partial charge in [-0.2, -0.15) is 0 Å². The Kier molecular flexibility index (Phi) is 4.44. The van der Waals surface area contributed by atoms with Crippen molar-refractivity contribution in [1.82, 2.24) is 4.98 Å². The first kappa shape index (κ1) is 14.6. The van der Waals surface area contributed by atoms with Gasteiger partial charge in [-0.05, 0) is 25.0 Å². The normalized spacial score (nSPS) is 15.2. The first-order valence-corrected chi connectivity index (χ1v) is 6.81. The number of carbonyl (C=O) groups is 2. The van der Waals surface area contributed by atoms with Gasteiger partial charge in [0.2, 0.25) is 5.91 Å². The van der Waals surface area contributed by atoms with E-state index >= 15 is 0 Å². The van der Waals surface area contributed by atoms with E-state index in [4.69, 9.17) is 22.4 Å². The highest BCUT2D eigenvalue weighted by molar-refractivity contribution is 6.33. The van der Waals surface area contributed by atoms with Gasteiger partial charge in [-0.3, -0.25) is 4.79 Å². The van der Waals surface area contributed by atoms with Crippen LogP contribution >= 0.6 is 11.6 Å². The van der Waals surface area contributed by atoms with Crippen molar-refractivity contribution >= 4 is 29.3 Å². The SMILES string of the molecule is NC(=O)CN(c1ccc(Cl)c(C(=O)O)n1)C1CCCC1. The zero-order valence-electron chi connectivity index (χ0n) is 10.9. The van der Waals surface area contributed by atoms with Crippen LogP contribution in [0.15, 0.2) is 12.1 Å². The van der Waals surface area contributed by atoms with Crippen LogP contribution in [0.25, 0.3) is 0 Å². The Balaban J connectivity index is 2.34. The molecule has 3 N–H and O–H groups in total. The Morgan fingerprint density at radius 2 is 2.05 bits per heavy atom. The molecule has 0 spiro atoms. The summed E-state index contributed by atoms with van der Waals surface area (Å²) >= 11 is 5.81. The van der Waals surface area contributed by atoms with Gasteiger partial charge in [-0.1, -0.05) is 24.4 Å². The molecule has 1 aliphatic rings. The molecule has 0 saturated heterocycles. The fraction of sp³-hybridized carbons (Fsp3) is 0.462. The van der Waals surface area contributed by atoms with Crippen molar-refractivity contribution in [3.05, 3.63) is 22.8 Å². The van der Waals surface area contributed by atoms with E-state index < -0.39 is 11.9 Å². The molecule has 0 unspecified atom stereocenters. The molecule has 0 radical (unpaired) electrons. The average molecular weight is 298 g/mol. The number of carboxylic acids is 1. The molecule has 108 valence electrons. The number of carboxylic acid groups (broad SMARTS) is 1. The Hall–Kier alpha value is -1.82. The number of hydrogen-bond donors (Lipinski definition) is 2. The molecular weight excluding hydrogens is 282 g/mol. The van der Waals surface area contributed by atoms with Crippen LogP contribution in [0.2, 0.25) is 5.02 Å². The molecule has 2 rings (SSSR count). The summed E-state index contributed by atoms with van der Waals surface area (Å²) in [5.74, 6) is -1.23. The van der Waals surface area contributed by atoms with Crippen molar-refractivity contribution in [2.24, 2.45) is 5.73 Å². The maximum absolute atomic E-state index is 11.2. The zero-order valence-corrected chi connectivity index (χ0v) is 11.6. The molecule has 0 aliphatic heterocycles. The third-order valence-electron chi connectivity index (χ3n) is 3.42. The summed E-state index contributed by atoms with van der Waals surface area (Å²) in [7, 11) is 0. The third-order valence-corrected chi connectivity index (χ3v) is 3.72. The Morgan fingerprint density at radius 3 is 2.60 bits per heavy atom. The highest BCUT2D eigenvalue weighted by atomic mass is 35.5. The largest absolute Gasteiger partial charge is 0.476 e. The van der Waals surface area contributed by atoms with Crippen LogP contribution in [0.1, 0.15) is 36.2 Å². The average Bonchev–Trinajstić information content (AvgIpc) is 2.90. The zero-order chi connectivity index (χ0) is 14.7. The molecule has 6 nitrogen and oxygen atoms in total. The van der Waals surface area contributed by atoms with Gasteiger partial charge in [-0.15, -0.1) is 0 Å². The van der Waals surface area contributed by atoms with Crippen molar-refractivity contribution in [1.29, 1.82) is 0 Å². The standard InChI is InChI=1S/C13H16ClN3O3/c14-9-5-6-11(16-12(9)13(19)20)17(7-10(15)18)8-3-1-2-4-8/h5-6,8H,1-4,7H2,(H2,15,18)(H,19,20). The van der Waals surface area contributed by atoms with Gasteiger partial charge >= 0.3 is 5.97 Å². The number of halogens is 1. The van der Waals surface area contributed by atoms with Crippen LogP contribution in [0.3, 0.4) is 0 Å². The van der Waals surface area contributed by atoms with Crippen LogP contribution < -0.4 is 10.6 Å². The van der Waals surface area contributed by atoms with Gasteiger partial charge in [0.15, 0.2) is 5.69 Å². The van der Waals surface area contributed by atoms with Gasteiger partial charge in [0.05, 0.1) is 11.6 Å². The number of aromatic nitrogens is 1. The predicted molar refractivity (Wildman–Crippen MR) is 75.0 cm³/mol. The van der Waals surface area contributed by atoms with Gasteiger partial charge in [-0.25, -0.2) is 9.78 Å². The number of rotatable bonds is 5. The lowest BCUT2D eigenvalue weighted by molar-refractivity contribution is -0.116. The summed E-state index contributed by atoms with van der Waals surface area (Å²) in [4.78, 5) is 28.2. The number of anilines is 1. The summed E-state index contributed by atoms with van der Waals surface area (Å²) in [6, 6.07) is 3.27. The van der Waals surface area contributed by atoms with Crippen LogP contribution in [0.4, 0.5) is 5.82 Å². The molecule has 0 atom stereocenters. The first-order chi connectivity index (χ1) is 9.49. The molecule has 0 aromatic carbocycles. The van der Waals surface area contributed by atoms with Gasteiger partial charge in [0.1, 0.15) is 5.82 Å². The van der Waals surface area contributed by atoms with Crippen LogP contribution in [-0.4, -0.2) is 34.6 Å². The summed E-state index contributed by atoms with van der Waals surface area (Å²) in [6.07, 6.45) is 4.05. The minimum atomic E-state index is -1.19. The second kappa shape index (κ2) is 6.09. The van der Waals surface area contributed by atoms with E-state index in [0.29, 0.717) is 5.82 Å². The summed E-state index contributed by atoms with van der Waals surface area (Å²) < 4.78 is 0. The maximum atomic E-state index is 11.2. The van der Waals surface area contributed by atoms with Crippen LogP contribution in [0.5, 0.6) is 0 Å². The smallest absolute Gasteiger partial charge is 0.356 e. The maximum Gasteiger partial charge on any atom is 0.356 e. The fourth-order valence-corrected chi connectivity index (χ4v) is 2.71. The molecule has 1 fully saturated rings. The van der Waals surface area contributed by atoms with Gasteiger partial charge in [0, 0.05) is 6.04 Å². The first-order valence-electron chi connectivity index (χ1n) is 6.44. The monoisotopic (exact) mass is 297 g/mol. The number of carbonyl (C=O) groups excluding carboxylic acids is 1. The molecule has 7 heteroatoms. The molecule has 1 aliphatic carbocycles. The number of aromatic carboxylic acids is 1. The minimum absolute atomic E-state index is 0.0261. The van der Waals surface area contributed by atoms with Gasteiger partial charge < -0.3 is 15.7 Å². The van der Waals surface area contributed by atoms with E-state index in [2.05, 4.69) is 4.98 Å². The molecule has 1 aromatic rings. The lowest BCUT2D eigenvalue weighted by atomic mass is 10.2. The Morgan fingerprint density at radius 1 is 1.40 bits per heavy atom. The Labute approximate surface area is 121 Å². The second-order valence-electron chi connectivity index (χ2n) is 4.84. The molecule has 1 aromatic heterocycles. The van der Waals surface area contributed by atoms with E-state index in [1.54, 1.807) is 11.0 Å². The molecule has 1 saturated carbocycles. The van der Waals surface area contributed by atoms with E-state index in [1.807, 2.05) is 0 Å². The van der Waals surface area contributed by atoms with Crippen molar-refractivity contribution < 1.29 is 14.7 Å².